The van der Waals surface area contributed by atoms with Crippen molar-refractivity contribution < 1.29 is 4.79 Å². The van der Waals surface area contributed by atoms with E-state index in [4.69, 9.17) is 0 Å². The molecule has 2 bridgehead atoms. The van der Waals surface area contributed by atoms with Gasteiger partial charge in [-0.1, -0.05) is 0 Å². The number of carbonyl (C=O) groups is 1. The molecule has 0 spiro atoms. The van der Waals surface area contributed by atoms with E-state index in [2.05, 4.69) is 20.4 Å². The summed E-state index contributed by atoms with van der Waals surface area (Å²) in [5.41, 5.74) is 0.473. The van der Waals surface area contributed by atoms with E-state index < -0.39 is 0 Å². The second-order valence-corrected chi connectivity index (χ2v) is 6.65. The third-order valence-electron chi connectivity index (χ3n) is 5.11. The summed E-state index contributed by atoms with van der Waals surface area (Å²) in [4.78, 5) is 16.8. The lowest BCUT2D eigenvalue weighted by Gasteiger charge is -2.24. The molecule has 3 fully saturated rings. The van der Waals surface area contributed by atoms with Crippen LogP contribution in [0.1, 0.15) is 42.6 Å². The molecule has 3 saturated heterocycles. The summed E-state index contributed by atoms with van der Waals surface area (Å²) < 4.78 is 0. The SMILES string of the molecule is Cl.Cl.O=C(c1ccc(N2CCCC2)nn1)N1CCC2CCC(C1)N2. The highest BCUT2D eigenvalue weighted by molar-refractivity contribution is 5.92. The van der Waals surface area contributed by atoms with Gasteiger partial charge in [-0.3, -0.25) is 4.79 Å². The number of carbonyl (C=O) groups excluding carboxylic acids is 1. The fourth-order valence-electron chi connectivity index (χ4n) is 3.84. The monoisotopic (exact) mass is 373 g/mol. The van der Waals surface area contributed by atoms with Crippen molar-refractivity contribution in [1.29, 1.82) is 0 Å². The van der Waals surface area contributed by atoms with Crippen LogP contribution in [0.25, 0.3) is 0 Å². The quantitative estimate of drug-likeness (QED) is 0.857. The van der Waals surface area contributed by atoms with Crippen molar-refractivity contribution in [1.82, 2.24) is 20.4 Å². The number of hydrogen-bond acceptors (Lipinski definition) is 5. The molecule has 0 radical (unpaired) electrons. The van der Waals surface area contributed by atoms with Crippen LogP contribution < -0.4 is 10.2 Å². The molecule has 1 aromatic rings. The summed E-state index contributed by atoms with van der Waals surface area (Å²) in [6.45, 7) is 3.71. The van der Waals surface area contributed by atoms with Gasteiger partial charge in [-0.25, -0.2) is 0 Å². The van der Waals surface area contributed by atoms with Gasteiger partial charge in [0.25, 0.3) is 5.91 Å². The Morgan fingerprint density at radius 2 is 1.75 bits per heavy atom. The van der Waals surface area contributed by atoms with E-state index in [9.17, 15) is 4.79 Å². The maximum absolute atomic E-state index is 12.6. The predicted octanol–water partition coefficient (Wildman–Crippen LogP) is 1.89. The molecule has 4 heterocycles. The second kappa shape index (κ2) is 8.32. The average Bonchev–Trinajstić information content (AvgIpc) is 3.17. The van der Waals surface area contributed by atoms with Crippen molar-refractivity contribution in [2.24, 2.45) is 0 Å². The lowest BCUT2D eigenvalue weighted by molar-refractivity contribution is 0.0741. The van der Waals surface area contributed by atoms with Crippen molar-refractivity contribution in [3.05, 3.63) is 17.8 Å². The summed E-state index contributed by atoms with van der Waals surface area (Å²) in [6.07, 6.45) is 5.89. The van der Waals surface area contributed by atoms with E-state index in [1.807, 2.05) is 17.0 Å². The van der Waals surface area contributed by atoms with Gasteiger partial charge in [-0.15, -0.1) is 35.0 Å². The van der Waals surface area contributed by atoms with Gasteiger partial charge in [0.2, 0.25) is 0 Å². The van der Waals surface area contributed by atoms with Crippen LogP contribution in [0.4, 0.5) is 5.82 Å². The molecule has 1 amide bonds. The normalized spacial score (nSPS) is 25.7. The van der Waals surface area contributed by atoms with Gasteiger partial charge in [0.1, 0.15) is 0 Å². The van der Waals surface area contributed by atoms with Crippen molar-refractivity contribution in [2.45, 2.75) is 44.2 Å². The number of hydrogen-bond donors (Lipinski definition) is 1. The molecule has 134 valence electrons. The largest absolute Gasteiger partial charge is 0.355 e. The molecule has 4 rings (SSSR count). The molecule has 0 saturated carbocycles. The van der Waals surface area contributed by atoms with Crippen molar-refractivity contribution in [2.75, 3.05) is 31.1 Å². The maximum atomic E-state index is 12.6. The first-order valence-corrected chi connectivity index (χ1v) is 8.43. The molecule has 3 aliphatic rings. The van der Waals surface area contributed by atoms with Crippen LogP contribution in [0.2, 0.25) is 0 Å². The maximum Gasteiger partial charge on any atom is 0.274 e. The van der Waals surface area contributed by atoms with E-state index in [1.54, 1.807) is 0 Å². The lowest BCUT2D eigenvalue weighted by atomic mass is 10.1. The Hall–Kier alpha value is -1.11. The molecular weight excluding hydrogens is 349 g/mol. The van der Waals surface area contributed by atoms with E-state index in [0.717, 1.165) is 38.4 Å². The first kappa shape index (κ1) is 19.2. The number of nitrogens with one attached hydrogen (secondary N) is 1. The summed E-state index contributed by atoms with van der Waals surface area (Å²) in [6, 6.07) is 4.81. The summed E-state index contributed by atoms with van der Waals surface area (Å²) in [7, 11) is 0. The Balaban J connectivity index is 0.00000104. The number of rotatable bonds is 2. The van der Waals surface area contributed by atoms with Crippen LogP contribution in [0, 0.1) is 0 Å². The van der Waals surface area contributed by atoms with Gasteiger partial charge < -0.3 is 15.1 Å². The Morgan fingerprint density at radius 3 is 2.46 bits per heavy atom. The van der Waals surface area contributed by atoms with Crippen molar-refractivity contribution in [3.63, 3.8) is 0 Å². The Bertz CT molecular complexity index is 550. The van der Waals surface area contributed by atoms with Crippen LogP contribution in [-0.2, 0) is 0 Å². The average molecular weight is 374 g/mol. The number of anilines is 1. The van der Waals surface area contributed by atoms with Gasteiger partial charge in [0.05, 0.1) is 0 Å². The lowest BCUT2D eigenvalue weighted by Crippen LogP contribution is -2.39. The molecule has 1 aromatic heterocycles. The highest BCUT2D eigenvalue weighted by atomic mass is 35.5. The minimum atomic E-state index is 0. The van der Waals surface area contributed by atoms with E-state index in [1.165, 1.54) is 25.7 Å². The van der Waals surface area contributed by atoms with E-state index in [-0.39, 0.29) is 30.7 Å². The van der Waals surface area contributed by atoms with Crippen LogP contribution in [0.3, 0.4) is 0 Å². The second-order valence-electron chi connectivity index (χ2n) is 6.65. The van der Waals surface area contributed by atoms with Crippen LogP contribution in [0.15, 0.2) is 12.1 Å². The van der Waals surface area contributed by atoms with E-state index in [0.29, 0.717) is 17.8 Å². The first-order chi connectivity index (χ1) is 10.8. The molecule has 1 N–H and O–H groups in total. The zero-order valence-corrected chi connectivity index (χ0v) is 15.3. The number of fused-ring (bicyclic) bond motifs is 2. The smallest absolute Gasteiger partial charge is 0.274 e. The standard InChI is InChI=1S/C16H23N5O.2ClH/c22-16(21-10-7-12-3-4-13(11-21)17-12)14-5-6-15(19-18-14)20-8-1-2-9-20;;/h5-6,12-13,17H,1-4,7-11H2;2*1H. The number of nitrogens with zero attached hydrogens (tertiary/aromatic N) is 4. The molecule has 6 nitrogen and oxygen atoms in total. The molecular formula is C16H25Cl2N5O. The summed E-state index contributed by atoms with van der Waals surface area (Å²) in [5, 5.41) is 12.0. The van der Waals surface area contributed by atoms with Gasteiger partial charge in [0.15, 0.2) is 11.5 Å². The topological polar surface area (TPSA) is 61.4 Å². The van der Waals surface area contributed by atoms with Gasteiger partial charge >= 0.3 is 0 Å². The zero-order valence-electron chi connectivity index (χ0n) is 13.7. The fraction of sp³-hybridized carbons (Fsp3) is 0.688. The third kappa shape index (κ3) is 3.92. The molecule has 0 aliphatic carbocycles. The van der Waals surface area contributed by atoms with Crippen molar-refractivity contribution in [3.8, 4) is 0 Å². The van der Waals surface area contributed by atoms with Gasteiger partial charge in [0, 0.05) is 38.3 Å². The molecule has 24 heavy (non-hydrogen) atoms. The van der Waals surface area contributed by atoms with Gasteiger partial charge in [-0.05, 0) is 44.2 Å². The summed E-state index contributed by atoms with van der Waals surface area (Å²) in [5.74, 6) is 0.917. The van der Waals surface area contributed by atoms with Crippen molar-refractivity contribution >= 4 is 36.5 Å². The Morgan fingerprint density at radius 1 is 1.00 bits per heavy atom. The van der Waals surface area contributed by atoms with Crippen LogP contribution >= 0.6 is 24.8 Å². The van der Waals surface area contributed by atoms with E-state index >= 15 is 0 Å². The highest BCUT2D eigenvalue weighted by Gasteiger charge is 2.31. The first-order valence-electron chi connectivity index (χ1n) is 8.43. The van der Waals surface area contributed by atoms with Gasteiger partial charge in [-0.2, -0.15) is 0 Å². The third-order valence-corrected chi connectivity index (χ3v) is 5.11. The Kier molecular flexibility index (Phi) is 6.66. The minimum Gasteiger partial charge on any atom is -0.355 e. The molecule has 3 aliphatic heterocycles. The molecule has 8 heteroatoms. The summed E-state index contributed by atoms with van der Waals surface area (Å²) >= 11 is 0. The number of likely N-dealkylation sites (tertiary alicyclic amines) is 1. The zero-order chi connectivity index (χ0) is 14.9. The molecule has 2 atom stereocenters. The predicted molar refractivity (Wildman–Crippen MR) is 98.4 cm³/mol. The minimum absolute atomic E-state index is 0. The highest BCUT2D eigenvalue weighted by Crippen LogP contribution is 2.22. The van der Waals surface area contributed by atoms with Crippen LogP contribution in [0.5, 0.6) is 0 Å². The fourth-order valence-corrected chi connectivity index (χ4v) is 3.84. The molecule has 0 aromatic carbocycles. The number of aromatic nitrogens is 2. The van der Waals surface area contributed by atoms with Crippen LogP contribution in [-0.4, -0.2) is 59.3 Å². The number of halogens is 2. The number of amides is 1. The molecule has 2 unspecified atom stereocenters. The Labute approximate surface area is 155 Å².